The van der Waals surface area contributed by atoms with Crippen LogP contribution in [-0.4, -0.2) is 21.1 Å². The summed E-state index contributed by atoms with van der Waals surface area (Å²) in [5.41, 5.74) is 0.963. The highest BCUT2D eigenvalue weighted by atomic mass is 32.1. The van der Waals surface area contributed by atoms with Crippen molar-refractivity contribution in [1.82, 2.24) is 15.2 Å². The lowest BCUT2D eigenvalue weighted by molar-refractivity contribution is 0.102. The third kappa shape index (κ3) is 2.04. The molecule has 0 aromatic carbocycles. The van der Waals surface area contributed by atoms with Crippen LogP contribution in [0.5, 0.6) is 0 Å². The fourth-order valence-electron chi connectivity index (χ4n) is 1.16. The van der Waals surface area contributed by atoms with Crippen molar-refractivity contribution in [3.8, 4) is 0 Å². The van der Waals surface area contributed by atoms with Crippen LogP contribution in [0.4, 0.5) is 5.95 Å². The molecule has 2 heterocycles. The second-order valence-electron chi connectivity index (χ2n) is 3.13. The average Bonchev–Trinajstić information content (AvgIpc) is 2.75. The first-order valence-corrected chi connectivity index (χ1v) is 5.29. The highest BCUT2D eigenvalue weighted by Gasteiger charge is 2.12. The minimum Gasteiger partial charge on any atom is -0.288 e. The highest BCUT2D eigenvalue weighted by Crippen LogP contribution is 2.16. The number of nitrogens with one attached hydrogen (secondary N) is 2. The molecule has 0 aliphatic heterocycles. The molecule has 0 atom stereocenters. The molecule has 0 aliphatic carbocycles. The van der Waals surface area contributed by atoms with E-state index in [0.717, 1.165) is 5.56 Å². The fraction of sp³-hybridized carbons (Fsp3) is 0.222. The molecule has 2 aromatic rings. The SMILES string of the molecule is Cc1nc(NC(=O)c2sccc2C)n[nH]1. The number of hydrogen-bond acceptors (Lipinski definition) is 4. The number of amides is 1. The minimum absolute atomic E-state index is 0.165. The topological polar surface area (TPSA) is 70.7 Å². The third-order valence-electron chi connectivity index (χ3n) is 1.89. The molecule has 2 aromatic heterocycles. The Morgan fingerprint density at radius 2 is 2.33 bits per heavy atom. The van der Waals surface area contributed by atoms with E-state index < -0.39 is 0 Å². The van der Waals surface area contributed by atoms with Gasteiger partial charge in [0, 0.05) is 0 Å². The Morgan fingerprint density at radius 3 is 2.87 bits per heavy atom. The van der Waals surface area contributed by atoms with Gasteiger partial charge in [-0.1, -0.05) is 0 Å². The van der Waals surface area contributed by atoms with Gasteiger partial charge >= 0.3 is 0 Å². The lowest BCUT2D eigenvalue weighted by Crippen LogP contribution is -2.12. The van der Waals surface area contributed by atoms with Crippen LogP contribution in [0.15, 0.2) is 11.4 Å². The Morgan fingerprint density at radius 1 is 1.53 bits per heavy atom. The summed E-state index contributed by atoms with van der Waals surface area (Å²) in [5, 5.41) is 11.0. The zero-order valence-electron chi connectivity index (χ0n) is 8.37. The molecule has 0 unspecified atom stereocenters. The maximum absolute atomic E-state index is 11.7. The molecule has 5 nitrogen and oxygen atoms in total. The summed E-state index contributed by atoms with van der Waals surface area (Å²) in [6.07, 6.45) is 0. The van der Waals surface area contributed by atoms with E-state index in [2.05, 4.69) is 20.5 Å². The van der Waals surface area contributed by atoms with Crippen molar-refractivity contribution in [2.75, 3.05) is 5.32 Å². The van der Waals surface area contributed by atoms with Crippen molar-refractivity contribution in [3.05, 3.63) is 27.7 Å². The molecule has 0 aliphatic rings. The second-order valence-corrected chi connectivity index (χ2v) is 4.05. The van der Waals surface area contributed by atoms with Gasteiger partial charge in [0.2, 0.25) is 5.95 Å². The molecule has 78 valence electrons. The molecule has 0 bridgehead atoms. The van der Waals surface area contributed by atoms with Crippen LogP contribution in [-0.2, 0) is 0 Å². The number of rotatable bonds is 2. The number of anilines is 1. The van der Waals surface area contributed by atoms with Crippen molar-refractivity contribution in [2.45, 2.75) is 13.8 Å². The van der Waals surface area contributed by atoms with Crippen LogP contribution < -0.4 is 5.32 Å². The van der Waals surface area contributed by atoms with Gasteiger partial charge in [0.1, 0.15) is 5.82 Å². The van der Waals surface area contributed by atoms with Gasteiger partial charge in [-0.2, -0.15) is 4.98 Å². The zero-order valence-corrected chi connectivity index (χ0v) is 9.18. The predicted octanol–water partition coefficient (Wildman–Crippen LogP) is 1.74. The van der Waals surface area contributed by atoms with Gasteiger partial charge in [-0.05, 0) is 30.9 Å². The summed E-state index contributed by atoms with van der Waals surface area (Å²) in [7, 11) is 0. The second kappa shape index (κ2) is 3.82. The van der Waals surface area contributed by atoms with Gasteiger partial charge in [0.05, 0.1) is 4.88 Å². The number of nitrogens with zero attached hydrogens (tertiary/aromatic N) is 2. The molecule has 2 N–H and O–H groups in total. The number of thiophene rings is 1. The molecule has 15 heavy (non-hydrogen) atoms. The Bertz CT molecular complexity index is 488. The normalized spacial score (nSPS) is 10.3. The van der Waals surface area contributed by atoms with Crippen LogP contribution in [0.2, 0.25) is 0 Å². The first-order chi connectivity index (χ1) is 7.16. The summed E-state index contributed by atoms with van der Waals surface area (Å²) < 4.78 is 0. The Balaban J connectivity index is 2.14. The summed E-state index contributed by atoms with van der Waals surface area (Å²) in [4.78, 5) is 16.4. The first kappa shape index (κ1) is 9.85. The molecule has 0 spiro atoms. The van der Waals surface area contributed by atoms with Gasteiger partial charge in [-0.3, -0.25) is 15.2 Å². The first-order valence-electron chi connectivity index (χ1n) is 4.41. The van der Waals surface area contributed by atoms with Gasteiger partial charge in [0.15, 0.2) is 0 Å². The molecule has 6 heteroatoms. The zero-order chi connectivity index (χ0) is 10.8. The molecule has 0 fully saturated rings. The number of aromatic nitrogens is 3. The number of H-pyrrole nitrogens is 1. The van der Waals surface area contributed by atoms with E-state index in [1.807, 2.05) is 18.4 Å². The lowest BCUT2D eigenvalue weighted by atomic mass is 10.3. The van der Waals surface area contributed by atoms with Crippen LogP contribution >= 0.6 is 11.3 Å². The smallest absolute Gasteiger partial charge is 0.268 e. The predicted molar refractivity (Wildman–Crippen MR) is 58.1 cm³/mol. The number of aromatic amines is 1. The van der Waals surface area contributed by atoms with Crippen LogP contribution in [0.25, 0.3) is 0 Å². The maximum atomic E-state index is 11.7. The highest BCUT2D eigenvalue weighted by molar-refractivity contribution is 7.12. The van der Waals surface area contributed by atoms with E-state index in [9.17, 15) is 4.79 Å². The molecule has 2 rings (SSSR count). The molecule has 0 radical (unpaired) electrons. The van der Waals surface area contributed by atoms with Gasteiger partial charge < -0.3 is 0 Å². The van der Waals surface area contributed by atoms with Gasteiger partial charge in [-0.25, -0.2) is 0 Å². The monoisotopic (exact) mass is 222 g/mol. The Kier molecular flexibility index (Phi) is 2.51. The number of aryl methyl sites for hydroxylation is 2. The van der Waals surface area contributed by atoms with E-state index in [-0.39, 0.29) is 5.91 Å². The summed E-state index contributed by atoms with van der Waals surface area (Å²) >= 11 is 1.41. The summed E-state index contributed by atoms with van der Waals surface area (Å²) in [6.45, 7) is 3.67. The number of carbonyl (C=O) groups is 1. The van der Waals surface area contributed by atoms with E-state index in [1.165, 1.54) is 11.3 Å². The van der Waals surface area contributed by atoms with Crippen molar-refractivity contribution in [1.29, 1.82) is 0 Å². The standard InChI is InChI=1S/C9H10N4OS/c1-5-3-4-15-7(5)8(14)11-9-10-6(2)12-13-9/h3-4H,1-2H3,(H2,10,11,12,13,14). The average molecular weight is 222 g/mol. The Hall–Kier alpha value is -1.69. The molecular formula is C9H10N4OS. The van der Waals surface area contributed by atoms with E-state index >= 15 is 0 Å². The number of carbonyl (C=O) groups excluding carboxylic acids is 1. The summed E-state index contributed by atoms with van der Waals surface area (Å²) in [6, 6.07) is 1.91. The lowest BCUT2D eigenvalue weighted by Gasteiger charge is -1.98. The van der Waals surface area contributed by atoms with Crippen molar-refractivity contribution in [3.63, 3.8) is 0 Å². The van der Waals surface area contributed by atoms with Crippen LogP contribution in [0, 0.1) is 13.8 Å². The third-order valence-corrected chi connectivity index (χ3v) is 2.91. The molecular weight excluding hydrogens is 212 g/mol. The van der Waals surface area contributed by atoms with E-state index in [1.54, 1.807) is 6.92 Å². The summed E-state index contributed by atoms with van der Waals surface area (Å²) in [5.74, 6) is 0.819. The van der Waals surface area contributed by atoms with Crippen LogP contribution in [0.3, 0.4) is 0 Å². The van der Waals surface area contributed by atoms with Crippen LogP contribution in [0.1, 0.15) is 21.1 Å². The van der Waals surface area contributed by atoms with Crippen molar-refractivity contribution < 1.29 is 4.79 Å². The van der Waals surface area contributed by atoms with E-state index in [0.29, 0.717) is 16.6 Å². The fourth-order valence-corrected chi connectivity index (χ4v) is 1.98. The number of hydrogen-bond donors (Lipinski definition) is 2. The minimum atomic E-state index is -0.165. The Labute approximate surface area is 90.6 Å². The van der Waals surface area contributed by atoms with Crippen molar-refractivity contribution in [2.24, 2.45) is 0 Å². The van der Waals surface area contributed by atoms with E-state index in [4.69, 9.17) is 0 Å². The molecule has 0 saturated heterocycles. The van der Waals surface area contributed by atoms with Crippen molar-refractivity contribution >= 4 is 23.2 Å². The molecule has 1 amide bonds. The quantitative estimate of drug-likeness (QED) is 0.813. The maximum Gasteiger partial charge on any atom is 0.268 e. The molecule has 0 saturated carbocycles. The van der Waals surface area contributed by atoms with Gasteiger partial charge in [-0.15, -0.1) is 16.4 Å². The van der Waals surface area contributed by atoms with Gasteiger partial charge in [0.25, 0.3) is 5.91 Å². The largest absolute Gasteiger partial charge is 0.288 e.